The number of nitrogens with zero attached hydrogens (tertiary/aromatic N) is 6. The molecule has 0 spiro atoms. The smallest absolute Gasteiger partial charge is 0.141 e. The highest BCUT2D eigenvalue weighted by atomic mass is 35.5. The third-order valence-corrected chi connectivity index (χ3v) is 5.15. The van der Waals surface area contributed by atoms with Crippen molar-refractivity contribution in [2.45, 2.75) is 6.54 Å². The van der Waals surface area contributed by atoms with Gasteiger partial charge in [0.25, 0.3) is 0 Å². The molecule has 5 rings (SSSR count). The maximum atomic E-state index is 14.0. The molecule has 0 bridgehead atoms. The summed E-state index contributed by atoms with van der Waals surface area (Å²) in [6, 6.07) is 14.7. The summed E-state index contributed by atoms with van der Waals surface area (Å²) >= 11 is 0. The van der Waals surface area contributed by atoms with Crippen LogP contribution >= 0.6 is 12.4 Å². The molecule has 3 aromatic heterocycles. The average Bonchev–Trinajstić information content (AvgIpc) is 3.17. The molecule has 162 valence electrons. The van der Waals surface area contributed by atoms with Crippen molar-refractivity contribution in [1.29, 1.82) is 0 Å². The first-order chi connectivity index (χ1) is 15.1. The normalized spacial score (nSPS) is 10.8. The SMILES string of the molecule is CN(C)c1cc2c(Nc3ccc4c(cnn4Cc4ccccc4F)c3)ncnc2cn1.Cl. The molecule has 0 saturated carbocycles. The summed E-state index contributed by atoms with van der Waals surface area (Å²) in [6.07, 6.45) is 5.05. The molecule has 0 radical (unpaired) electrons. The molecule has 9 heteroatoms. The lowest BCUT2D eigenvalue weighted by Gasteiger charge is -2.13. The molecule has 0 saturated heterocycles. The lowest BCUT2D eigenvalue weighted by molar-refractivity contribution is 0.590. The second-order valence-corrected chi connectivity index (χ2v) is 7.47. The first-order valence-corrected chi connectivity index (χ1v) is 9.82. The molecule has 0 unspecified atom stereocenters. The number of halogens is 2. The summed E-state index contributed by atoms with van der Waals surface area (Å²) in [5.41, 5.74) is 3.18. The highest BCUT2D eigenvalue weighted by Gasteiger charge is 2.10. The number of anilines is 3. The van der Waals surface area contributed by atoms with Gasteiger partial charge in [-0.05, 0) is 30.3 Å². The van der Waals surface area contributed by atoms with Crippen LogP contribution in [0.4, 0.5) is 21.7 Å². The molecule has 0 aliphatic heterocycles. The Kier molecular flexibility index (Phi) is 5.87. The van der Waals surface area contributed by atoms with Gasteiger partial charge in [0.15, 0.2) is 0 Å². The Hall–Kier alpha value is -3.78. The molecule has 3 heterocycles. The van der Waals surface area contributed by atoms with Crippen molar-refractivity contribution in [2.75, 3.05) is 24.3 Å². The van der Waals surface area contributed by atoms with Gasteiger partial charge >= 0.3 is 0 Å². The second-order valence-electron chi connectivity index (χ2n) is 7.47. The minimum atomic E-state index is -0.230. The van der Waals surface area contributed by atoms with Crippen molar-refractivity contribution in [3.63, 3.8) is 0 Å². The van der Waals surface area contributed by atoms with Gasteiger partial charge in [0.2, 0.25) is 0 Å². The lowest BCUT2D eigenvalue weighted by atomic mass is 10.2. The van der Waals surface area contributed by atoms with Crippen LogP contribution in [0.3, 0.4) is 0 Å². The van der Waals surface area contributed by atoms with Gasteiger partial charge in [-0.2, -0.15) is 5.10 Å². The van der Waals surface area contributed by atoms with Crippen molar-refractivity contribution in [1.82, 2.24) is 24.7 Å². The maximum absolute atomic E-state index is 14.0. The minimum absolute atomic E-state index is 0. The van der Waals surface area contributed by atoms with E-state index < -0.39 is 0 Å². The van der Waals surface area contributed by atoms with Crippen LogP contribution in [0.25, 0.3) is 21.8 Å². The Morgan fingerprint density at radius 3 is 2.66 bits per heavy atom. The van der Waals surface area contributed by atoms with Crippen LogP contribution in [0.15, 0.2) is 67.3 Å². The fourth-order valence-corrected chi connectivity index (χ4v) is 3.51. The highest BCUT2D eigenvalue weighted by Crippen LogP contribution is 2.27. The molecule has 7 nitrogen and oxygen atoms in total. The Balaban J connectivity index is 0.00000245. The number of benzene rings is 2. The van der Waals surface area contributed by atoms with Gasteiger partial charge in [0.1, 0.15) is 23.8 Å². The van der Waals surface area contributed by atoms with Crippen molar-refractivity contribution >= 4 is 51.5 Å². The van der Waals surface area contributed by atoms with E-state index in [4.69, 9.17) is 0 Å². The molecule has 0 amide bonds. The van der Waals surface area contributed by atoms with Crippen molar-refractivity contribution in [3.05, 3.63) is 78.6 Å². The molecule has 5 aromatic rings. The van der Waals surface area contributed by atoms with E-state index >= 15 is 0 Å². The zero-order valence-corrected chi connectivity index (χ0v) is 18.3. The quantitative estimate of drug-likeness (QED) is 0.416. The molecule has 0 atom stereocenters. The topological polar surface area (TPSA) is 71.8 Å². The lowest BCUT2D eigenvalue weighted by Crippen LogP contribution is -2.10. The van der Waals surface area contributed by atoms with Gasteiger partial charge in [0.05, 0.1) is 30.0 Å². The highest BCUT2D eigenvalue weighted by molar-refractivity contribution is 5.93. The van der Waals surface area contributed by atoms with E-state index in [0.717, 1.165) is 33.3 Å². The number of aromatic nitrogens is 5. The molecule has 32 heavy (non-hydrogen) atoms. The van der Waals surface area contributed by atoms with E-state index in [9.17, 15) is 4.39 Å². The van der Waals surface area contributed by atoms with Crippen LogP contribution in [0.1, 0.15) is 5.56 Å². The number of pyridine rings is 1. The molecular formula is C23H21ClFN7. The number of hydrogen-bond donors (Lipinski definition) is 1. The summed E-state index contributed by atoms with van der Waals surface area (Å²) in [7, 11) is 3.88. The van der Waals surface area contributed by atoms with Gasteiger partial charge < -0.3 is 10.2 Å². The molecular weight excluding hydrogens is 429 g/mol. The Labute approximate surface area is 190 Å². The van der Waals surface area contributed by atoms with Gasteiger partial charge in [-0.15, -0.1) is 12.4 Å². The number of rotatable bonds is 5. The minimum Gasteiger partial charge on any atom is -0.363 e. The van der Waals surface area contributed by atoms with E-state index in [1.165, 1.54) is 12.4 Å². The molecule has 2 aromatic carbocycles. The predicted molar refractivity (Wildman–Crippen MR) is 127 cm³/mol. The first kappa shape index (κ1) is 21.5. The molecule has 0 aliphatic rings. The third-order valence-electron chi connectivity index (χ3n) is 5.15. The fourth-order valence-electron chi connectivity index (χ4n) is 3.51. The van der Waals surface area contributed by atoms with Crippen LogP contribution < -0.4 is 10.2 Å². The van der Waals surface area contributed by atoms with E-state index in [1.807, 2.05) is 49.3 Å². The molecule has 0 fully saturated rings. The number of hydrogen-bond acceptors (Lipinski definition) is 6. The van der Waals surface area contributed by atoms with E-state index in [2.05, 4.69) is 25.4 Å². The number of nitrogens with one attached hydrogen (secondary N) is 1. The van der Waals surface area contributed by atoms with Gasteiger partial charge in [0, 0.05) is 36.1 Å². The van der Waals surface area contributed by atoms with Crippen molar-refractivity contribution in [3.8, 4) is 0 Å². The standard InChI is InChI=1S/C23H20FN7.ClH/c1-30(2)22-10-18-20(12-25-22)26-14-27-23(18)29-17-7-8-21-16(9-17)11-28-31(21)13-15-5-3-4-6-19(15)24;/h3-12,14H,13H2,1-2H3,(H,26,27,29);1H. The summed E-state index contributed by atoms with van der Waals surface area (Å²) in [5.74, 6) is 1.30. The summed E-state index contributed by atoms with van der Waals surface area (Å²) in [4.78, 5) is 15.1. The Morgan fingerprint density at radius 2 is 1.84 bits per heavy atom. The average molecular weight is 450 g/mol. The molecule has 0 aliphatic carbocycles. The number of fused-ring (bicyclic) bond motifs is 2. The molecule has 1 N–H and O–H groups in total. The van der Waals surface area contributed by atoms with Gasteiger partial charge in [-0.25, -0.2) is 19.3 Å². The van der Waals surface area contributed by atoms with Crippen LogP contribution in [-0.4, -0.2) is 38.8 Å². The van der Waals surface area contributed by atoms with Crippen molar-refractivity contribution < 1.29 is 4.39 Å². The van der Waals surface area contributed by atoms with Crippen LogP contribution in [0, 0.1) is 5.82 Å². The maximum Gasteiger partial charge on any atom is 0.141 e. The van der Waals surface area contributed by atoms with Crippen LogP contribution in [-0.2, 0) is 6.54 Å². The zero-order valence-electron chi connectivity index (χ0n) is 17.5. The largest absolute Gasteiger partial charge is 0.363 e. The summed E-state index contributed by atoms with van der Waals surface area (Å²) in [5, 5.41) is 9.66. The Morgan fingerprint density at radius 1 is 1.00 bits per heavy atom. The van der Waals surface area contributed by atoms with Gasteiger partial charge in [-0.3, -0.25) is 4.68 Å². The Bertz CT molecular complexity index is 1400. The second kappa shape index (κ2) is 8.76. The first-order valence-electron chi connectivity index (χ1n) is 9.82. The summed E-state index contributed by atoms with van der Waals surface area (Å²) < 4.78 is 15.8. The van der Waals surface area contributed by atoms with Crippen LogP contribution in [0.2, 0.25) is 0 Å². The predicted octanol–water partition coefficient (Wildman–Crippen LogP) is 4.79. The van der Waals surface area contributed by atoms with E-state index in [0.29, 0.717) is 17.9 Å². The monoisotopic (exact) mass is 449 g/mol. The van der Waals surface area contributed by atoms with Gasteiger partial charge in [-0.1, -0.05) is 18.2 Å². The van der Waals surface area contributed by atoms with E-state index in [1.54, 1.807) is 29.2 Å². The zero-order chi connectivity index (χ0) is 21.4. The third kappa shape index (κ3) is 4.04. The van der Waals surface area contributed by atoms with Crippen molar-refractivity contribution in [2.24, 2.45) is 0 Å². The van der Waals surface area contributed by atoms with E-state index in [-0.39, 0.29) is 18.2 Å². The van der Waals surface area contributed by atoms with Crippen LogP contribution in [0.5, 0.6) is 0 Å². The fraction of sp³-hybridized carbons (Fsp3) is 0.130. The summed E-state index contributed by atoms with van der Waals surface area (Å²) in [6.45, 7) is 0.375.